The van der Waals surface area contributed by atoms with Gasteiger partial charge in [0.1, 0.15) is 0 Å². The summed E-state index contributed by atoms with van der Waals surface area (Å²) in [5.41, 5.74) is 7.81. The Labute approximate surface area is 94.9 Å². The zero-order valence-electron chi connectivity index (χ0n) is 8.81. The van der Waals surface area contributed by atoms with E-state index in [4.69, 9.17) is 5.73 Å². The van der Waals surface area contributed by atoms with Gasteiger partial charge in [0, 0.05) is 10.9 Å². The first-order valence-electron chi connectivity index (χ1n) is 5.38. The highest BCUT2D eigenvalue weighted by atomic mass is 32.2. The summed E-state index contributed by atoms with van der Waals surface area (Å²) in [7, 11) is -3.18. The molecule has 3 rings (SSSR count). The Morgan fingerprint density at radius 3 is 2.62 bits per heavy atom. The van der Waals surface area contributed by atoms with Crippen LogP contribution in [0.5, 0.6) is 0 Å². The van der Waals surface area contributed by atoms with Crippen LogP contribution < -0.4 is 5.73 Å². The van der Waals surface area contributed by atoms with E-state index in [0.717, 1.165) is 30.4 Å². The molecule has 1 fully saturated rings. The van der Waals surface area contributed by atoms with Gasteiger partial charge in [-0.05, 0) is 48.6 Å². The summed E-state index contributed by atoms with van der Waals surface area (Å²) in [6.07, 6.45) is 4.78. The molecule has 0 saturated heterocycles. The van der Waals surface area contributed by atoms with E-state index in [1.165, 1.54) is 5.41 Å². The number of rotatable bonds is 1. The van der Waals surface area contributed by atoms with Crippen LogP contribution in [0.25, 0.3) is 6.08 Å². The predicted octanol–water partition coefficient (Wildman–Crippen LogP) is 1.78. The maximum atomic E-state index is 11.6. The summed E-state index contributed by atoms with van der Waals surface area (Å²) in [6.45, 7) is 0. The lowest BCUT2D eigenvalue weighted by molar-refractivity contribution is 0.253. The Morgan fingerprint density at radius 2 is 2.00 bits per heavy atom. The molecule has 0 aromatic heterocycles. The third kappa shape index (κ3) is 1.26. The predicted molar refractivity (Wildman–Crippen MR) is 62.4 cm³/mol. The average molecular weight is 235 g/mol. The van der Waals surface area contributed by atoms with Gasteiger partial charge in [-0.15, -0.1) is 0 Å². The van der Waals surface area contributed by atoms with E-state index in [9.17, 15) is 8.42 Å². The lowest BCUT2D eigenvalue weighted by Crippen LogP contribution is -2.43. The first-order valence-corrected chi connectivity index (χ1v) is 6.93. The number of nitrogens with two attached hydrogens (primary N) is 1. The van der Waals surface area contributed by atoms with E-state index in [1.807, 2.05) is 12.1 Å². The van der Waals surface area contributed by atoms with Gasteiger partial charge in [-0.1, -0.05) is 6.07 Å². The Morgan fingerprint density at radius 1 is 1.25 bits per heavy atom. The van der Waals surface area contributed by atoms with Gasteiger partial charge in [0.2, 0.25) is 0 Å². The van der Waals surface area contributed by atoms with Gasteiger partial charge in [0.15, 0.2) is 9.84 Å². The highest BCUT2D eigenvalue weighted by molar-refractivity contribution is 7.94. The van der Waals surface area contributed by atoms with Crippen LogP contribution in [0.15, 0.2) is 28.5 Å². The van der Waals surface area contributed by atoms with Crippen LogP contribution in [0.1, 0.15) is 30.4 Å². The fourth-order valence-corrected chi connectivity index (χ4v) is 3.52. The standard InChI is InChI=1S/C12H13NO2S/c13-12(5-1-6-12)10-2-3-11-9(8-10)4-7-16(11,14)15/h2-4,7-8H,1,5-6,13H2. The minimum absolute atomic E-state index is 0.227. The smallest absolute Gasteiger partial charge is 0.200 e. The molecular weight excluding hydrogens is 222 g/mol. The quantitative estimate of drug-likeness (QED) is 0.807. The molecule has 2 N–H and O–H groups in total. The molecule has 1 aromatic rings. The van der Waals surface area contributed by atoms with E-state index in [0.29, 0.717) is 4.90 Å². The number of benzene rings is 1. The fourth-order valence-electron chi connectivity index (χ4n) is 2.33. The topological polar surface area (TPSA) is 60.2 Å². The van der Waals surface area contributed by atoms with Crippen molar-refractivity contribution in [2.45, 2.75) is 29.7 Å². The van der Waals surface area contributed by atoms with Crippen molar-refractivity contribution >= 4 is 15.9 Å². The molecule has 2 aliphatic rings. The van der Waals surface area contributed by atoms with E-state index >= 15 is 0 Å². The van der Waals surface area contributed by atoms with Gasteiger partial charge in [-0.2, -0.15) is 0 Å². The van der Waals surface area contributed by atoms with E-state index in [1.54, 1.807) is 12.1 Å². The zero-order valence-corrected chi connectivity index (χ0v) is 9.63. The van der Waals surface area contributed by atoms with Crippen LogP contribution in [0.3, 0.4) is 0 Å². The SMILES string of the molecule is NC1(c2ccc3c(c2)C=CS3(=O)=O)CCC1. The molecular formula is C12H13NO2S. The van der Waals surface area contributed by atoms with Crippen LogP contribution in [-0.2, 0) is 15.4 Å². The second-order valence-corrected chi connectivity index (χ2v) is 6.41. The minimum atomic E-state index is -3.18. The highest BCUT2D eigenvalue weighted by Crippen LogP contribution is 2.40. The first kappa shape index (κ1) is 10.1. The molecule has 16 heavy (non-hydrogen) atoms. The molecule has 3 nitrogen and oxygen atoms in total. The van der Waals surface area contributed by atoms with Crippen LogP contribution in [0.2, 0.25) is 0 Å². The van der Waals surface area contributed by atoms with Crippen molar-refractivity contribution in [1.82, 2.24) is 0 Å². The summed E-state index contributed by atoms with van der Waals surface area (Å²) < 4.78 is 23.2. The number of hydrogen-bond donors (Lipinski definition) is 1. The van der Waals surface area contributed by atoms with Crippen molar-refractivity contribution in [3.8, 4) is 0 Å². The van der Waals surface area contributed by atoms with Crippen LogP contribution in [0, 0.1) is 0 Å². The number of fused-ring (bicyclic) bond motifs is 1. The lowest BCUT2D eigenvalue weighted by Gasteiger charge is -2.38. The normalized spacial score (nSPS) is 23.8. The largest absolute Gasteiger partial charge is 0.321 e. The van der Waals surface area contributed by atoms with Gasteiger partial charge < -0.3 is 5.73 Å². The molecule has 1 aliphatic heterocycles. The molecule has 1 aliphatic carbocycles. The number of sulfone groups is 1. The molecule has 0 unspecified atom stereocenters. The average Bonchev–Trinajstić information content (AvgIpc) is 2.51. The minimum Gasteiger partial charge on any atom is -0.321 e. The zero-order chi connectivity index (χ0) is 11.4. The second-order valence-electron chi connectivity index (χ2n) is 4.61. The summed E-state index contributed by atoms with van der Waals surface area (Å²) in [6, 6.07) is 5.44. The maximum absolute atomic E-state index is 11.6. The first-order chi connectivity index (χ1) is 7.51. The van der Waals surface area contributed by atoms with E-state index in [-0.39, 0.29) is 5.54 Å². The van der Waals surface area contributed by atoms with E-state index in [2.05, 4.69) is 0 Å². The van der Waals surface area contributed by atoms with Crippen LogP contribution in [-0.4, -0.2) is 8.42 Å². The molecule has 0 radical (unpaired) electrons. The number of hydrogen-bond acceptors (Lipinski definition) is 3. The van der Waals surface area contributed by atoms with Gasteiger partial charge >= 0.3 is 0 Å². The summed E-state index contributed by atoms with van der Waals surface area (Å²) >= 11 is 0. The Balaban J connectivity index is 2.12. The molecule has 84 valence electrons. The van der Waals surface area contributed by atoms with E-state index < -0.39 is 9.84 Å². The Kier molecular flexibility index (Phi) is 1.86. The Hall–Kier alpha value is -1.13. The molecule has 1 saturated carbocycles. The molecule has 0 spiro atoms. The second kappa shape index (κ2) is 2.96. The summed E-state index contributed by atoms with van der Waals surface area (Å²) in [4.78, 5) is 0.402. The molecule has 0 atom stereocenters. The monoisotopic (exact) mass is 235 g/mol. The van der Waals surface area contributed by atoms with Crippen molar-refractivity contribution in [3.63, 3.8) is 0 Å². The molecule has 1 aromatic carbocycles. The summed E-state index contributed by atoms with van der Waals surface area (Å²) in [5.74, 6) is 0. The molecule has 4 heteroatoms. The third-order valence-corrected chi connectivity index (χ3v) is 5.04. The third-order valence-electron chi connectivity index (χ3n) is 3.56. The van der Waals surface area contributed by atoms with Crippen molar-refractivity contribution in [2.24, 2.45) is 5.73 Å². The van der Waals surface area contributed by atoms with Crippen molar-refractivity contribution in [2.75, 3.05) is 0 Å². The van der Waals surface area contributed by atoms with Crippen molar-refractivity contribution in [3.05, 3.63) is 34.7 Å². The van der Waals surface area contributed by atoms with Gasteiger partial charge in [-0.25, -0.2) is 8.42 Å². The van der Waals surface area contributed by atoms with Crippen LogP contribution in [0.4, 0.5) is 0 Å². The molecule has 0 amide bonds. The summed E-state index contributed by atoms with van der Waals surface area (Å²) in [5, 5.41) is 1.26. The highest BCUT2D eigenvalue weighted by Gasteiger charge is 2.35. The Bertz CT molecular complexity index is 583. The van der Waals surface area contributed by atoms with Crippen molar-refractivity contribution in [1.29, 1.82) is 0 Å². The van der Waals surface area contributed by atoms with Crippen LogP contribution >= 0.6 is 0 Å². The fraction of sp³-hybridized carbons (Fsp3) is 0.333. The van der Waals surface area contributed by atoms with Gasteiger partial charge in [0.05, 0.1) is 4.90 Å². The van der Waals surface area contributed by atoms with Gasteiger partial charge in [-0.3, -0.25) is 0 Å². The van der Waals surface area contributed by atoms with Gasteiger partial charge in [0.25, 0.3) is 0 Å². The molecule has 1 heterocycles. The lowest BCUT2D eigenvalue weighted by atomic mass is 9.72. The van der Waals surface area contributed by atoms with Crippen molar-refractivity contribution < 1.29 is 8.42 Å². The molecule has 0 bridgehead atoms. The maximum Gasteiger partial charge on any atom is 0.200 e.